The van der Waals surface area contributed by atoms with Crippen molar-refractivity contribution in [3.05, 3.63) is 16.3 Å². The standard InChI is InChI=1S/C17H22N4OS/c1-10-20-15(18-8-9-19-16(22)11-6-7-11)14-12-4-2-3-5-13(12)23-17(14)21-10/h11H,2-9H2,1H3,(H,19,22)(H,18,20,21). The Hall–Kier alpha value is -1.69. The Labute approximate surface area is 139 Å². The molecule has 0 spiro atoms. The maximum Gasteiger partial charge on any atom is 0.223 e. The first-order valence-corrected chi connectivity index (χ1v) is 9.34. The van der Waals surface area contributed by atoms with Crippen LogP contribution in [0.4, 0.5) is 5.82 Å². The van der Waals surface area contributed by atoms with Gasteiger partial charge in [0.25, 0.3) is 0 Å². The maximum absolute atomic E-state index is 11.7. The second-order valence-electron chi connectivity index (χ2n) is 6.50. The van der Waals surface area contributed by atoms with E-state index < -0.39 is 0 Å². The van der Waals surface area contributed by atoms with Gasteiger partial charge >= 0.3 is 0 Å². The smallest absolute Gasteiger partial charge is 0.223 e. The summed E-state index contributed by atoms with van der Waals surface area (Å²) in [4.78, 5) is 23.5. The summed E-state index contributed by atoms with van der Waals surface area (Å²) < 4.78 is 0. The van der Waals surface area contributed by atoms with Crippen LogP contribution in [0, 0.1) is 12.8 Å². The van der Waals surface area contributed by atoms with Gasteiger partial charge in [-0.2, -0.15) is 0 Å². The second kappa shape index (κ2) is 6.07. The number of aryl methyl sites for hydroxylation is 3. The van der Waals surface area contributed by atoms with E-state index in [4.69, 9.17) is 0 Å². The predicted octanol–water partition coefficient (Wildman–Crippen LogP) is 2.82. The molecule has 5 nitrogen and oxygen atoms in total. The molecule has 1 saturated carbocycles. The van der Waals surface area contributed by atoms with Gasteiger partial charge in [-0.15, -0.1) is 11.3 Å². The largest absolute Gasteiger partial charge is 0.368 e. The molecule has 6 heteroatoms. The average molecular weight is 330 g/mol. The van der Waals surface area contributed by atoms with Crippen LogP contribution in [0.25, 0.3) is 10.2 Å². The summed E-state index contributed by atoms with van der Waals surface area (Å²) in [7, 11) is 0. The van der Waals surface area contributed by atoms with E-state index in [9.17, 15) is 4.79 Å². The maximum atomic E-state index is 11.7. The minimum Gasteiger partial charge on any atom is -0.368 e. The molecule has 1 fully saturated rings. The average Bonchev–Trinajstić information content (AvgIpc) is 3.32. The fourth-order valence-electron chi connectivity index (χ4n) is 3.25. The van der Waals surface area contributed by atoms with Crippen molar-refractivity contribution in [3.8, 4) is 0 Å². The number of carbonyl (C=O) groups is 1. The third-order valence-electron chi connectivity index (χ3n) is 4.59. The Morgan fingerprint density at radius 2 is 2.04 bits per heavy atom. The second-order valence-corrected chi connectivity index (χ2v) is 7.59. The molecule has 0 bridgehead atoms. The first kappa shape index (κ1) is 14.9. The van der Waals surface area contributed by atoms with Gasteiger partial charge in [0, 0.05) is 23.9 Å². The molecule has 4 rings (SSSR count). The number of fused-ring (bicyclic) bond motifs is 3. The zero-order chi connectivity index (χ0) is 15.8. The Morgan fingerprint density at radius 1 is 1.22 bits per heavy atom. The lowest BCUT2D eigenvalue weighted by atomic mass is 9.97. The molecule has 0 radical (unpaired) electrons. The topological polar surface area (TPSA) is 66.9 Å². The summed E-state index contributed by atoms with van der Waals surface area (Å²) in [6.07, 6.45) is 6.94. The van der Waals surface area contributed by atoms with Crippen LogP contribution in [-0.4, -0.2) is 29.0 Å². The Bertz CT molecular complexity index is 751. The summed E-state index contributed by atoms with van der Waals surface area (Å²) in [5, 5.41) is 7.62. The SMILES string of the molecule is Cc1nc(NCCNC(=O)C2CC2)c2c3c(sc2n1)CCCC3. The summed E-state index contributed by atoms with van der Waals surface area (Å²) in [6, 6.07) is 0. The number of nitrogens with zero attached hydrogens (tertiary/aromatic N) is 2. The zero-order valence-electron chi connectivity index (χ0n) is 13.4. The van der Waals surface area contributed by atoms with Crippen molar-refractivity contribution in [2.24, 2.45) is 5.92 Å². The zero-order valence-corrected chi connectivity index (χ0v) is 14.3. The van der Waals surface area contributed by atoms with E-state index in [2.05, 4.69) is 20.6 Å². The van der Waals surface area contributed by atoms with Crippen LogP contribution in [-0.2, 0) is 17.6 Å². The highest BCUT2D eigenvalue weighted by atomic mass is 32.1. The van der Waals surface area contributed by atoms with Gasteiger partial charge in [0.2, 0.25) is 5.91 Å². The number of amides is 1. The number of hydrogen-bond donors (Lipinski definition) is 2. The van der Waals surface area contributed by atoms with Crippen LogP contribution in [0.15, 0.2) is 0 Å². The number of rotatable bonds is 5. The van der Waals surface area contributed by atoms with Crippen molar-refractivity contribution in [2.45, 2.75) is 45.4 Å². The quantitative estimate of drug-likeness (QED) is 0.827. The van der Waals surface area contributed by atoms with Gasteiger partial charge in [-0.05, 0) is 51.0 Å². The van der Waals surface area contributed by atoms with Gasteiger partial charge in [0.05, 0.1) is 5.39 Å². The van der Waals surface area contributed by atoms with E-state index in [1.165, 1.54) is 35.1 Å². The summed E-state index contributed by atoms with van der Waals surface area (Å²) >= 11 is 1.82. The first-order valence-electron chi connectivity index (χ1n) is 8.53. The van der Waals surface area contributed by atoms with Crippen molar-refractivity contribution in [3.63, 3.8) is 0 Å². The molecule has 0 saturated heterocycles. The van der Waals surface area contributed by atoms with Crippen molar-refractivity contribution < 1.29 is 4.79 Å². The van der Waals surface area contributed by atoms with Crippen LogP contribution < -0.4 is 10.6 Å². The lowest BCUT2D eigenvalue weighted by molar-refractivity contribution is -0.122. The molecule has 0 aliphatic heterocycles. The Morgan fingerprint density at radius 3 is 2.87 bits per heavy atom. The molecule has 2 N–H and O–H groups in total. The van der Waals surface area contributed by atoms with Gasteiger partial charge in [-0.3, -0.25) is 4.79 Å². The van der Waals surface area contributed by atoms with Crippen molar-refractivity contribution >= 4 is 33.3 Å². The van der Waals surface area contributed by atoms with E-state index in [1.807, 2.05) is 18.3 Å². The number of nitrogens with one attached hydrogen (secondary N) is 2. The van der Waals surface area contributed by atoms with Gasteiger partial charge in [-0.25, -0.2) is 9.97 Å². The van der Waals surface area contributed by atoms with Crippen molar-refractivity contribution in [1.82, 2.24) is 15.3 Å². The molecule has 0 atom stereocenters. The molecule has 0 aromatic carbocycles. The fourth-order valence-corrected chi connectivity index (χ4v) is 4.56. The fraction of sp³-hybridized carbons (Fsp3) is 0.588. The van der Waals surface area contributed by atoms with Crippen molar-refractivity contribution in [1.29, 1.82) is 0 Å². The number of thiophene rings is 1. The molecule has 1 amide bonds. The lowest BCUT2D eigenvalue weighted by Gasteiger charge is -2.13. The minimum atomic E-state index is 0.198. The van der Waals surface area contributed by atoms with Crippen LogP contribution in [0.3, 0.4) is 0 Å². The van der Waals surface area contributed by atoms with E-state index in [1.54, 1.807) is 0 Å². The number of anilines is 1. The highest BCUT2D eigenvalue weighted by Gasteiger charge is 2.29. The van der Waals surface area contributed by atoms with Crippen LogP contribution in [0.2, 0.25) is 0 Å². The van der Waals surface area contributed by atoms with Crippen LogP contribution in [0.1, 0.15) is 41.9 Å². The molecule has 2 aliphatic rings. The van der Waals surface area contributed by atoms with Crippen LogP contribution >= 0.6 is 11.3 Å². The van der Waals surface area contributed by atoms with E-state index >= 15 is 0 Å². The monoisotopic (exact) mass is 330 g/mol. The van der Waals surface area contributed by atoms with Gasteiger partial charge in [-0.1, -0.05) is 0 Å². The summed E-state index contributed by atoms with van der Waals surface area (Å²) in [6.45, 7) is 3.29. The van der Waals surface area contributed by atoms with Gasteiger partial charge < -0.3 is 10.6 Å². The molecule has 2 heterocycles. The molecule has 2 aliphatic carbocycles. The molecular formula is C17H22N4OS. The summed E-state index contributed by atoms with van der Waals surface area (Å²) in [5.74, 6) is 2.21. The molecule has 2 aromatic heterocycles. The molecule has 2 aromatic rings. The van der Waals surface area contributed by atoms with Crippen molar-refractivity contribution in [2.75, 3.05) is 18.4 Å². The third kappa shape index (κ3) is 3.04. The number of aromatic nitrogens is 2. The van der Waals surface area contributed by atoms with E-state index in [0.717, 1.165) is 35.7 Å². The Balaban J connectivity index is 1.51. The Kier molecular flexibility index (Phi) is 3.93. The number of carbonyl (C=O) groups excluding carboxylic acids is 1. The van der Waals surface area contributed by atoms with Gasteiger partial charge in [0.15, 0.2) is 0 Å². The van der Waals surface area contributed by atoms with Gasteiger partial charge in [0.1, 0.15) is 16.5 Å². The third-order valence-corrected chi connectivity index (χ3v) is 5.78. The predicted molar refractivity (Wildman–Crippen MR) is 93.0 cm³/mol. The molecule has 122 valence electrons. The molecular weight excluding hydrogens is 308 g/mol. The van der Waals surface area contributed by atoms with E-state index in [0.29, 0.717) is 13.1 Å². The first-order chi connectivity index (χ1) is 11.2. The lowest BCUT2D eigenvalue weighted by Crippen LogP contribution is -2.30. The molecule has 0 unspecified atom stereocenters. The summed E-state index contributed by atoms with van der Waals surface area (Å²) in [5.41, 5.74) is 1.45. The minimum absolute atomic E-state index is 0.198. The highest BCUT2D eigenvalue weighted by molar-refractivity contribution is 7.19. The van der Waals surface area contributed by atoms with Crippen LogP contribution in [0.5, 0.6) is 0 Å². The van der Waals surface area contributed by atoms with E-state index in [-0.39, 0.29) is 11.8 Å². The molecule has 23 heavy (non-hydrogen) atoms. The highest BCUT2D eigenvalue weighted by Crippen LogP contribution is 2.38. The normalized spacial score (nSPS) is 17.1. The number of hydrogen-bond acceptors (Lipinski definition) is 5.